The van der Waals surface area contributed by atoms with Gasteiger partial charge in [0.15, 0.2) is 0 Å². The van der Waals surface area contributed by atoms with Crippen LogP contribution in [0, 0.1) is 12.3 Å². The highest BCUT2D eigenvalue weighted by molar-refractivity contribution is 6.39. The van der Waals surface area contributed by atoms with E-state index in [4.69, 9.17) is 6.42 Å². The first-order valence-corrected chi connectivity index (χ1v) is 8.64. The Hall–Kier alpha value is -3.26. The van der Waals surface area contributed by atoms with Crippen molar-refractivity contribution < 1.29 is 9.59 Å². The van der Waals surface area contributed by atoms with Gasteiger partial charge in [0.05, 0.1) is 0 Å². The predicted molar refractivity (Wildman–Crippen MR) is 103 cm³/mol. The third-order valence-electron chi connectivity index (χ3n) is 4.37. The Kier molecular flexibility index (Phi) is 5.55. The van der Waals surface area contributed by atoms with Crippen LogP contribution in [0.25, 0.3) is 0 Å². The highest BCUT2D eigenvalue weighted by Gasteiger charge is 2.24. The van der Waals surface area contributed by atoms with Crippen molar-refractivity contribution in [3.63, 3.8) is 0 Å². The van der Waals surface area contributed by atoms with E-state index >= 15 is 0 Å². The van der Waals surface area contributed by atoms with Gasteiger partial charge in [0.1, 0.15) is 0 Å². The molecule has 0 aromatic heterocycles. The maximum Gasteiger partial charge on any atom is 0.313 e. The molecule has 0 bridgehead atoms. The summed E-state index contributed by atoms with van der Waals surface area (Å²) in [5.41, 5.74) is 2.28. The topological polar surface area (TPSA) is 61.4 Å². The molecule has 5 heteroatoms. The summed E-state index contributed by atoms with van der Waals surface area (Å²) in [7, 11) is 0. The minimum atomic E-state index is -0.684. The third kappa shape index (κ3) is 4.42. The Morgan fingerprint density at radius 3 is 2.65 bits per heavy atom. The van der Waals surface area contributed by atoms with Crippen LogP contribution in [0.2, 0.25) is 0 Å². The van der Waals surface area contributed by atoms with Crippen molar-refractivity contribution in [1.82, 2.24) is 5.32 Å². The number of amides is 2. The first kappa shape index (κ1) is 17.6. The average Bonchev–Trinajstić information content (AvgIpc) is 2.69. The SMILES string of the molecule is C#Cc1cccc(NC(=O)C(=O)N[C@@H]2CCCN(c3ccccc3)C2)c1. The van der Waals surface area contributed by atoms with E-state index in [-0.39, 0.29) is 6.04 Å². The molecule has 2 N–H and O–H groups in total. The van der Waals surface area contributed by atoms with Gasteiger partial charge in [-0.05, 0) is 43.2 Å². The highest BCUT2D eigenvalue weighted by atomic mass is 16.2. The van der Waals surface area contributed by atoms with Gasteiger partial charge in [-0.15, -0.1) is 6.42 Å². The molecule has 1 fully saturated rings. The van der Waals surface area contributed by atoms with Crippen LogP contribution < -0.4 is 15.5 Å². The summed E-state index contributed by atoms with van der Waals surface area (Å²) in [4.78, 5) is 26.6. The molecule has 5 nitrogen and oxygen atoms in total. The monoisotopic (exact) mass is 347 g/mol. The molecule has 1 heterocycles. The molecule has 1 aliphatic rings. The second-order valence-corrected chi connectivity index (χ2v) is 6.27. The number of piperidine rings is 1. The van der Waals surface area contributed by atoms with Gasteiger partial charge in [0.2, 0.25) is 0 Å². The van der Waals surface area contributed by atoms with E-state index in [1.54, 1.807) is 24.3 Å². The minimum absolute atomic E-state index is 0.0563. The molecule has 1 saturated heterocycles. The van der Waals surface area contributed by atoms with Crippen LogP contribution in [0.4, 0.5) is 11.4 Å². The molecule has 0 saturated carbocycles. The maximum absolute atomic E-state index is 12.2. The summed E-state index contributed by atoms with van der Waals surface area (Å²) >= 11 is 0. The molecule has 0 aliphatic carbocycles. The Morgan fingerprint density at radius 2 is 1.88 bits per heavy atom. The van der Waals surface area contributed by atoms with Crippen LogP contribution in [0.5, 0.6) is 0 Å². The number of nitrogens with one attached hydrogen (secondary N) is 2. The van der Waals surface area contributed by atoms with Crippen LogP contribution in [0.15, 0.2) is 54.6 Å². The van der Waals surface area contributed by atoms with Crippen LogP contribution >= 0.6 is 0 Å². The van der Waals surface area contributed by atoms with E-state index in [0.717, 1.165) is 25.1 Å². The van der Waals surface area contributed by atoms with Crippen LogP contribution in [-0.2, 0) is 9.59 Å². The lowest BCUT2D eigenvalue weighted by molar-refractivity contribution is -0.136. The fourth-order valence-corrected chi connectivity index (χ4v) is 3.09. The number of para-hydroxylation sites is 1. The second-order valence-electron chi connectivity index (χ2n) is 6.27. The first-order chi connectivity index (χ1) is 12.7. The van der Waals surface area contributed by atoms with Crippen molar-refractivity contribution in [2.75, 3.05) is 23.3 Å². The van der Waals surface area contributed by atoms with E-state index in [2.05, 4.69) is 33.6 Å². The Labute approximate surface area is 153 Å². The van der Waals surface area contributed by atoms with Gasteiger partial charge in [0, 0.05) is 36.1 Å². The van der Waals surface area contributed by atoms with Crippen LogP contribution in [0.1, 0.15) is 18.4 Å². The van der Waals surface area contributed by atoms with Crippen molar-refractivity contribution in [2.24, 2.45) is 0 Å². The molecule has 1 aliphatic heterocycles. The van der Waals surface area contributed by atoms with Crippen molar-refractivity contribution in [2.45, 2.75) is 18.9 Å². The number of carbonyl (C=O) groups is 2. The number of anilines is 2. The van der Waals surface area contributed by atoms with E-state index in [1.165, 1.54) is 0 Å². The molecule has 2 aromatic rings. The molecule has 0 spiro atoms. The van der Waals surface area contributed by atoms with Gasteiger partial charge >= 0.3 is 11.8 Å². The average molecular weight is 347 g/mol. The lowest BCUT2D eigenvalue weighted by Crippen LogP contribution is -2.50. The first-order valence-electron chi connectivity index (χ1n) is 8.64. The largest absolute Gasteiger partial charge is 0.369 e. The van der Waals surface area contributed by atoms with Crippen LogP contribution in [-0.4, -0.2) is 30.9 Å². The van der Waals surface area contributed by atoms with Crippen molar-refractivity contribution in [3.8, 4) is 12.3 Å². The summed E-state index contributed by atoms with van der Waals surface area (Å²) < 4.78 is 0. The Morgan fingerprint density at radius 1 is 1.08 bits per heavy atom. The maximum atomic E-state index is 12.2. The molecule has 26 heavy (non-hydrogen) atoms. The van der Waals surface area contributed by atoms with E-state index in [9.17, 15) is 9.59 Å². The quantitative estimate of drug-likeness (QED) is 0.662. The predicted octanol–water partition coefficient (Wildman–Crippen LogP) is 2.39. The summed E-state index contributed by atoms with van der Waals surface area (Å²) in [6.07, 6.45) is 7.17. The summed E-state index contributed by atoms with van der Waals surface area (Å²) in [6.45, 7) is 1.64. The number of terminal acetylenes is 1. The lowest BCUT2D eigenvalue weighted by atomic mass is 10.0. The van der Waals surface area contributed by atoms with Crippen molar-refractivity contribution >= 4 is 23.2 Å². The van der Waals surface area contributed by atoms with Crippen LogP contribution in [0.3, 0.4) is 0 Å². The molecule has 1 atom stereocenters. The fraction of sp³-hybridized carbons (Fsp3) is 0.238. The fourth-order valence-electron chi connectivity index (χ4n) is 3.09. The molecule has 0 unspecified atom stereocenters. The smallest absolute Gasteiger partial charge is 0.313 e. The molecular weight excluding hydrogens is 326 g/mol. The zero-order valence-electron chi connectivity index (χ0n) is 14.4. The van der Waals surface area contributed by atoms with E-state index < -0.39 is 11.8 Å². The molecule has 132 valence electrons. The van der Waals surface area contributed by atoms with Gasteiger partial charge in [-0.2, -0.15) is 0 Å². The van der Waals surface area contributed by atoms with Gasteiger partial charge in [0.25, 0.3) is 0 Å². The third-order valence-corrected chi connectivity index (χ3v) is 4.37. The zero-order chi connectivity index (χ0) is 18.4. The van der Waals surface area contributed by atoms with E-state index in [0.29, 0.717) is 17.8 Å². The standard InChI is InChI=1S/C21H21N3O2/c1-2-16-8-6-9-17(14-16)22-20(25)21(26)23-18-10-7-13-24(15-18)19-11-4-3-5-12-19/h1,3-6,8-9,11-12,14,18H,7,10,13,15H2,(H,22,25)(H,23,26)/t18-/m1/s1. The second kappa shape index (κ2) is 8.21. The molecular formula is C21H21N3O2. The van der Waals surface area contributed by atoms with Gasteiger partial charge < -0.3 is 15.5 Å². The highest BCUT2D eigenvalue weighted by Crippen LogP contribution is 2.19. The molecule has 2 amide bonds. The summed E-state index contributed by atoms with van der Waals surface area (Å²) in [6, 6.07) is 16.9. The number of hydrogen-bond acceptors (Lipinski definition) is 3. The summed E-state index contributed by atoms with van der Waals surface area (Å²) in [5.74, 6) is 1.19. The molecule has 0 radical (unpaired) electrons. The number of hydrogen-bond donors (Lipinski definition) is 2. The molecule has 2 aromatic carbocycles. The van der Waals surface area contributed by atoms with Gasteiger partial charge in [-0.25, -0.2) is 0 Å². The van der Waals surface area contributed by atoms with Crippen molar-refractivity contribution in [1.29, 1.82) is 0 Å². The molecule has 3 rings (SSSR count). The number of rotatable bonds is 3. The zero-order valence-corrected chi connectivity index (χ0v) is 14.4. The van der Waals surface area contributed by atoms with E-state index in [1.807, 2.05) is 18.2 Å². The number of nitrogens with zero attached hydrogens (tertiary/aromatic N) is 1. The lowest BCUT2D eigenvalue weighted by Gasteiger charge is -2.34. The normalized spacial score (nSPS) is 16.4. The minimum Gasteiger partial charge on any atom is -0.369 e. The van der Waals surface area contributed by atoms with Gasteiger partial charge in [-0.1, -0.05) is 30.2 Å². The summed E-state index contributed by atoms with van der Waals surface area (Å²) in [5, 5.41) is 5.42. The Bertz CT molecular complexity index is 827. The Balaban J connectivity index is 1.56. The van der Waals surface area contributed by atoms with Crippen molar-refractivity contribution in [3.05, 3.63) is 60.2 Å². The number of benzene rings is 2. The van der Waals surface area contributed by atoms with Gasteiger partial charge in [-0.3, -0.25) is 9.59 Å². The number of carbonyl (C=O) groups excluding carboxylic acids is 2.